The first-order valence-corrected chi connectivity index (χ1v) is 20.2. The highest BCUT2D eigenvalue weighted by molar-refractivity contribution is 8.13. The number of nitrogens with zero attached hydrogens (tertiary/aromatic N) is 1. The van der Waals surface area contributed by atoms with Crippen LogP contribution >= 0.6 is 11.8 Å². The van der Waals surface area contributed by atoms with Crippen LogP contribution in [0.5, 0.6) is 0 Å². The molecule has 1 N–H and O–H groups in total. The maximum Gasteiger partial charge on any atom is 0.306 e. The molecule has 8 heteroatoms. The van der Waals surface area contributed by atoms with Crippen LogP contribution in [0.1, 0.15) is 162 Å². The molecule has 7 nitrogen and oxygen atoms in total. The van der Waals surface area contributed by atoms with Crippen LogP contribution in [0.2, 0.25) is 0 Å². The summed E-state index contributed by atoms with van der Waals surface area (Å²) in [6.45, 7) is 7.71. The monoisotopic (exact) mass is 681 g/mol. The van der Waals surface area contributed by atoms with Gasteiger partial charge in [0.2, 0.25) is 0 Å². The van der Waals surface area contributed by atoms with Crippen molar-refractivity contribution >= 4 is 28.9 Å². The summed E-state index contributed by atoms with van der Waals surface area (Å²) in [4.78, 5) is 38.9. The van der Waals surface area contributed by atoms with Gasteiger partial charge in [-0.2, -0.15) is 0 Å². The van der Waals surface area contributed by atoms with Crippen molar-refractivity contribution in [1.82, 2.24) is 10.2 Å². The molecule has 0 bridgehead atoms. The van der Waals surface area contributed by atoms with Crippen molar-refractivity contribution in [3.63, 3.8) is 0 Å². The number of esters is 2. The van der Waals surface area contributed by atoms with Gasteiger partial charge in [0, 0.05) is 31.7 Å². The van der Waals surface area contributed by atoms with Crippen LogP contribution in [-0.2, 0) is 19.1 Å². The van der Waals surface area contributed by atoms with Crippen LogP contribution in [0.25, 0.3) is 0 Å². The largest absolute Gasteiger partial charge is 0.461 e. The summed E-state index contributed by atoms with van der Waals surface area (Å²) in [6, 6.07) is 0. The predicted octanol–water partition coefficient (Wildman–Crippen LogP) is 10.6. The number of unbranched alkanes of at least 4 members (excludes halogenated alkanes) is 16. The minimum atomic E-state index is -0.108. The topological polar surface area (TPSA) is 84.9 Å². The van der Waals surface area contributed by atoms with Gasteiger partial charge in [-0.15, -0.1) is 0 Å². The Morgan fingerprint density at radius 2 is 1.02 bits per heavy atom. The van der Waals surface area contributed by atoms with Crippen molar-refractivity contribution < 1.29 is 23.9 Å². The number of nitrogens with one attached hydrogen (secondary N) is 1. The van der Waals surface area contributed by atoms with Gasteiger partial charge in [-0.25, -0.2) is 0 Å². The number of amides is 1. The van der Waals surface area contributed by atoms with E-state index in [0.717, 1.165) is 109 Å². The van der Waals surface area contributed by atoms with E-state index in [9.17, 15) is 14.4 Å². The minimum Gasteiger partial charge on any atom is -0.461 e. The fourth-order valence-corrected chi connectivity index (χ4v) is 6.00. The van der Waals surface area contributed by atoms with E-state index in [-0.39, 0.29) is 17.2 Å². The Balaban J connectivity index is 4.06. The normalized spacial score (nSPS) is 11.5. The molecule has 47 heavy (non-hydrogen) atoms. The van der Waals surface area contributed by atoms with E-state index in [0.29, 0.717) is 26.1 Å². The standard InChI is InChI=1S/C39H72N2O5S/c1-4-6-8-10-12-20-26-34-45-37(42)29-22-16-14-18-24-32-41(39(44)47-36-28-31-40-3)33-25-19-15-17-23-30-38(43)46-35-27-21-13-11-9-7-5-2/h20-21,26-27,40H,4-19,22-25,28-36H2,1-3H3/b26-20-,27-21-. The summed E-state index contributed by atoms with van der Waals surface area (Å²) in [5.41, 5.74) is 0. The van der Waals surface area contributed by atoms with Gasteiger partial charge in [-0.05, 0) is 71.4 Å². The quantitative estimate of drug-likeness (QED) is 0.0411. The molecule has 274 valence electrons. The smallest absolute Gasteiger partial charge is 0.306 e. The second kappa shape index (κ2) is 37.0. The number of carbonyl (C=O) groups excluding carboxylic acids is 3. The zero-order chi connectivity index (χ0) is 34.5. The number of rotatable bonds is 34. The summed E-state index contributed by atoms with van der Waals surface area (Å²) in [6.07, 6.45) is 32.3. The molecular formula is C39H72N2O5S. The molecule has 0 aromatic heterocycles. The Hall–Kier alpha value is -1.80. The van der Waals surface area contributed by atoms with Crippen LogP contribution in [0.3, 0.4) is 0 Å². The SMILES string of the molecule is CCCCCC/C=C\COC(=O)CCCCCCCN(CCCCCCCC(=O)OC/C=C\CCCCCC)C(=O)SCCCNC. The van der Waals surface area contributed by atoms with Gasteiger partial charge in [-0.1, -0.05) is 127 Å². The van der Waals surface area contributed by atoms with Gasteiger partial charge in [-0.3, -0.25) is 14.4 Å². The van der Waals surface area contributed by atoms with Gasteiger partial charge in [0.05, 0.1) is 0 Å². The van der Waals surface area contributed by atoms with Gasteiger partial charge in [0.15, 0.2) is 0 Å². The Labute approximate surface area is 293 Å². The van der Waals surface area contributed by atoms with Gasteiger partial charge < -0.3 is 19.7 Å². The van der Waals surface area contributed by atoms with Crippen molar-refractivity contribution in [3.05, 3.63) is 24.3 Å². The van der Waals surface area contributed by atoms with Crippen molar-refractivity contribution in [3.8, 4) is 0 Å². The molecule has 0 aliphatic heterocycles. The fraction of sp³-hybridized carbons (Fsp3) is 0.821. The number of allylic oxidation sites excluding steroid dienone is 2. The van der Waals surface area contributed by atoms with Crippen molar-refractivity contribution in [2.75, 3.05) is 45.6 Å². The van der Waals surface area contributed by atoms with Crippen molar-refractivity contribution in [1.29, 1.82) is 0 Å². The third-order valence-corrected chi connectivity index (χ3v) is 9.13. The zero-order valence-corrected chi connectivity index (χ0v) is 31.5. The number of carbonyl (C=O) groups is 3. The molecule has 0 spiro atoms. The highest BCUT2D eigenvalue weighted by Crippen LogP contribution is 2.15. The third-order valence-electron chi connectivity index (χ3n) is 8.14. The number of ether oxygens (including phenoxy) is 2. The Bertz CT molecular complexity index is 737. The predicted molar refractivity (Wildman–Crippen MR) is 201 cm³/mol. The van der Waals surface area contributed by atoms with Crippen LogP contribution in [0.15, 0.2) is 24.3 Å². The Kier molecular flexibility index (Phi) is 35.6. The van der Waals surface area contributed by atoms with Crippen LogP contribution in [0, 0.1) is 0 Å². The molecule has 0 aliphatic rings. The van der Waals surface area contributed by atoms with Crippen LogP contribution in [-0.4, -0.2) is 67.7 Å². The fourth-order valence-electron chi connectivity index (χ4n) is 5.17. The molecule has 0 saturated carbocycles. The summed E-state index contributed by atoms with van der Waals surface area (Å²) in [5.74, 6) is 0.624. The van der Waals surface area contributed by atoms with Crippen molar-refractivity contribution in [2.45, 2.75) is 162 Å². The lowest BCUT2D eigenvalue weighted by Crippen LogP contribution is -2.30. The van der Waals surface area contributed by atoms with E-state index < -0.39 is 0 Å². The Morgan fingerprint density at radius 3 is 1.49 bits per heavy atom. The maximum absolute atomic E-state index is 12.9. The van der Waals surface area contributed by atoms with E-state index in [1.54, 1.807) is 0 Å². The van der Waals surface area contributed by atoms with Crippen LogP contribution in [0.4, 0.5) is 4.79 Å². The van der Waals surface area contributed by atoms with E-state index >= 15 is 0 Å². The number of hydrogen-bond donors (Lipinski definition) is 1. The highest BCUT2D eigenvalue weighted by atomic mass is 32.2. The molecule has 0 saturated heterocycles. The van der Waals surface area contributed by atoms with Gasteiger partial charge in [0.1, 0.15) is 13.2 Å². The summed E-state index contributed by atoms with van der Waals surface area (Å²) in [7, 11) is 1.94. The summed E-state index contributed by atoms with van der Waals surface area (Å²) >= 11 is 1.44. The first-order valence-electron chi connectivity index (χ1n) is 19.2. The lowest BCUT2D eigenvalue weighted by Gasteiger charge is -2.22. The first kappa shape index (κ1) is 45.2. The summed E-state index contributed by atoms with van der Waals surface area (Å²) in [5, 5.41) is 3.34. The van der Waals surface area contributed by atoms with E-state index in [1.165, 1.54) is 63.1 Å². The highest BCUT2D eigenvalue weighted by Gasteiger charge is 2.13. The maximum atomic E-state index is 12.9. The van der Waals surface area contributed by atoms with Crippen molar-refractivity contribution in [2.24, 2.45) is 0 Å². The molecule has 0 unspecified atom stereocenters. The molecule has 1 amide bonds. The van der Waals surface area contributed by atoms with E-state index in [4.69, 9.17) is 9.47 Å². The Morgan fingerprint density at radius 1 is 0.574 bits per heavy atom. The first-order chi connectivity index (χ1) is 23.0. The molecular weight excluding hydrogens is 609 g/mol. The molecule has 0 aromatic carbocycles. The van der Waals surface area contributed by atoms with E-state index in [1.807, 2.05) is 24.1 Å². The molecule has 0 aromatic rings. The number of thioether (sulfide) groups is 1. The lowest BCUT2D eigenvalue weighted by atomic mass is 10.1. The molecule has 0 aliphatic carbocycles. The lowest BCUT2D eigenvalue weighted by molar-refractivity contribution is -0.143. The van der Waals surface area contributed by atoms with Crippen LogP contribution < -0.4 is 5.32 Å². The molecule has 0 radical (unpaired) electrons. The number of hydrogen-bond acceptors (Lipinski definition) is 7. The molecule has 0 rings (SSSR count). The minimum absolute atomic E-state index is 0.108. The van der Waals surface area contributed by atoms with E-state index in [2.05, 4.69) is 31.3 Å². The second-order valence-corrected chi connectivity index (χ2v) is 13.6. The molecule has 0 heterocycles. The third kappa shape index (κ3) is 33.9. The summed E-state index contributed by atoms with van der Waals surface area (Å²) < 4.78 is 10.6. The molecule has 0 atom stereocenters. The zero-order valence-electron chi connectivity index (χ0n) is 30.7. The van der Waals surface area contributed by atoms with Gasteiger partial charge in [0.25, 0.3) is 5.24 Å². The molecule has 0 fully saturated rings. The van der Waals surface area contributed by atoms with Gasteiger partial charge >= 0.3 is 11.9 Å². The second-order valence-electron chi connectivity index (χ2n) is 12.6. The average molecular weight is 681 g/mol. The average Bonchev–Trinajstić information content (AvgIpc) is 3.07.